The predicted octanol–water partition coefficient (Wildman–Crippen LogP) is 2.25. The van der Waals surface area contributed by atoms with Crippen LogP contribution in [0.15, 0.2) is 27.6 Å². The van der Waals surface area contributed by atoms with Crippen LogP contribution >= 0.6 is 39.9 Å². The van der Waals surface area contributed by atoms with E-state index in [-0.39, 0.29) is 28.4 Å². The molecule has 1 aliphatic rings. The van der Waals surface area contributed by atoms with Gasteiger partial charge in [0, 0.05) is 23.6 Å². The highest BCUT2D eigenvalue weighted by atomic mass is 79.9. The molecule has 1 atom stereocenters. The van der Waals surface area contributed by atoms with Crippen LogP contribution in [0, 0.1) is 0 Å². The number of benzene rings is 1. The SMILES string of the molecule is Cl.N[C@@H]1CCN(S(=O)(=O)c2cccc(Br)c2Cl)C1. The number of hydrogen-bond donors (Lipinski definition) is 1. The predicted molar refractivity (Wildman–Crippen MR) is 77.8 cm³/mol. The molecular formula is C10H13BrCl2N2O2S. The van der Waals surface area contributed by atoms with Crippen LogP contribution in [0.5, 0.6) is 0 Å². The Morgan fingerprint density at radius 2 is 2.11 bits per heavy atom. The van der Waals surface area contributed by atoms with E-state index in [1.165, 1.54) is 10.4 Å². The van der Waals surface area contributed by atoms with Crippen LogP contribution in [0.2, 0.25) is 5.02 Å². The van der Waals surface area contributed by atoms with Crippen LogP contribution in [0.4, 0.5) is 0 Å². The maximum atomic E-state index is 12.3. The van der Waals surface area contributed by atoms with Crippen molar-refractivity contribution < 1.29 is 8.42 Å². The zero-order valence-electron chi connectivity index (χ0n) is 9.34. The first-order valence-corrected chi connectivity index (χ1v) is 7.74. The summed E-state index contributed by atoms with van der Waals surface area (Å²) in [5, 5.41) is 0.216. The second-order valence-electron chi connectivity index (χ2n) is 3.96. The highest BCUT2D eigenvalue weighted by Crippen LogP contribution is 2.32. The summed E-state index contributed by atoms with van der Waals surface area (Å²) < 4.78 is 26.6. The second kappa shape index (κ2) is 6.07. The Hall–Kier alpha value is 0.150. The molecule has 1 aromatic rings. The minimum absolute atomic E-state index is 0. The Labute approximate surface area is 126 Å². The van der Waals surface area contributed by atoms with Crippen molar-refractivity contribution in [2.75, 3.05) is 13.1 Å². The number of halogens is 3. The molecule has 4 nitrogen and oxygen atoms in total. The third kappa shape index (κ3) is 3.00. The van der Waals surface area contributed by atoms with Crippen LogP contribution in [0.3, 0.4) is 0 Å². The topological polar surface area (TPSA) is 63.4 Å². The zero-order chi connectivity index (χ0) is 12.6. The number of nitrogens with two attached hydrogens (primary N) is 1. The van der Waals surface area contributed by atoms with Crippen LogP contribution in [-0.4, -0.2) is 31.9 Å². The molecule has 0 aliphatic carbocycles. The standard InChI is InChI=1S/C10H12BrClN2O2S.ClH/c11-8-2-1-3-9(10(8)12)17(15,16)14-5-4-7(13)6-14;/h1-3,7H,4-6,13H2;1H/t7-;/m1./s1. The molecule has 0 aromatic heterocycles. The van der Waals surface area contributed by atoms with Gasteiger partial charge in [0.1, 0.15) is 4.90 Å². The molecule has 1 aliphatic heterocycles. The van der Waals surface area contributed by atoms with E-state index < -0.39 is 10.0 Å². The third-order valence-electron chi connectivity index (χ3n) is 2.72. The lowest BCUT2D eigenvalue weighted by Gasteiger charge is -2.17. The van der Waals surface area contributed by atoms with Crippen LogP contribution in [0.1, 0.15) is 6.42 Å². The largest absolute Gasteiger partial charge is 0.326 e. The smallest absolute Gasteiger partial charge is 0.244 e. The van der Waals surface area contributed by atoms with Crippen molar-refractivity contribution >= 4 is 50.0 Å². The Morgan fingerprint density at radius 3 is 2.67 bits per heavy atom. The molecule has 1 saturated heterocycles. The molecule has 0 spiro atoms. The molecule has 1 heterocycles. The summed E-state index contributed by atoms with van der Waals surface area (Å²) in [5.74, 6) is 0. The molecule has 2 N–H and O–H groups in total. The summed E-state index contributed by atoms with van der Waals surface area (Å²) in [4.78, 5) is 0.127. The van der Waals surface area contributed by atoms with Gasteiger partial charge in [0.25, 0.3) is 0 Å². The fourth-order valence-corrected chi connectivity index (χ4v) is 4.31. The lowest BCUT2D eigenvalue weighted by atomic mass is 10.3. The van der Waals surface area contributed by atoms with E-state index in [0.717, 1.165) is 0 Å². The average molecular weight is 376 g/mol. The number of hydrogen-bond acceptors (Lipinski definition) is 3. The highest BCUT2D eigenvalue weighted by Gasteiger charge is 2.32. The molecule has 102 valence electrons. The molecule has 0 saturated carbocycles. The second-order valence-corrected chi connectivity index (χ2v) is 7.10. The Morgan fingerprint density at radius 1 is 1.44 bits per heavy atom. The van der Waals surface area contributed by atoms with E-state index in [4.69, 9.17) is 17.3 Å². The molecule has 0 bridgehead atoms. The van der Waals surface area contributed by atoms with E-state index in [9.17, 15) is 8.42 Å². The van der Waals surface area contributed by atoms with E-state index in [0.29, 0.717) is 24.0 Å². The fraction of sp³-hybridized carbons (Fsp3) is 0.400. The van der Waals surface area contributed by atoms with Gasteiger partial charge in [-0.15, -0.1) is 12.4 Å². The highest BCUT2D eigenvalue weighted by molar-refractivity contribution is 9.10. The van der Waals surface area contributed by atoms with Crippen LogP contribution in [0.25, 0.3) is 0 Å². The molecule has 2 rings (SSSR count). The summed E-state index contributed by atoms with van der Waals surface area (Å²) in [7, 11) is -3.53. The minimum Gasteiger partial charge on any atom is -0.326 e. The Kier molecular flexibility index (Phi) is 5.46. The average Bonchev–Trinajstić information content (AvgIpc) is 2.69. The maximum absolute atomic E-state index is 12.3. The molecule has 0 unspecified atom stereocenters. The van der Waals surface area contributed by atoms with E-state index >= 15 is 0 Å². The summed E-state index contributed by atoms with van der Waals surface area (Å²) in [6, 6.07) is 4.78. The molecule has 0 radical (unpaired) electrons. The summed E-state index contributed by atoms with van der Waals surface area (Å²) in [6.45, 7) is 0.803. The maximum Gasteiger partial charge on any atom is 0.244 e. The van der Waals surface area contributed by atoms with Gasteiger partial charge in [-0.1, -0.05) is 17.7 Å². The Bertz CT molecular complexity index is 539. The summed E-state index contributed by atoms with van der Waals surface area (Å²) in [6.07, 6.45) is 0.685. The number of sulfonamides is 1. The van der Waals surface area contributed by atoms with Crippen molar-refractivity contribution in [2.24, 2.45) is 5.73 Å². The monoisotopic (exact) mass is 374 g/mol. The van der Waals surface area contributed by atoms with Crippen LogP contribution in [-0.2, 0) is 10.0 Å². The quantitative estimate of drug-likeness (QED) is 0.862. The minimum atomic E-state index is -3.53. The molecular weight excluding hydrogens is 363 g/mol. The van der Waals surface area contributed by atoms with E-state index in [1.54, 1.807) is 12.1 Å². The van der Waals surface area contributed by atoms with Crippen molar-refractivity contribution in [3.05, 3.63) is 27.7 Å². The van der Waals surface area contributed by atoms with Gasteiger partial charge in [-0.2, -0.15) is 4.31 Å². The van der Waals surface area contributed by atoms with Crippen molar-refractivity contribution in [3.8, 4) is 0 Å². The molecule has 1 fully saturated rings. The van der Waals surface area contributed by atoms with E-state index in [2.05, 4.69) is 15.9 Å². The van der Waals surface area contributed by atoms with Crippen molar-refractivity contribution in [2.45, 2.75) is 17.4 Å². The van der Waals surface area contributed by atoms with Crippen molar-refractivity contribution in [1.29, 1.82) is 0 Å². The van der Waals surface area contributed by atoms with Gasteiger partial charge >= 0.3 is 0 Å². The first kappa shape index (κ1) is 16.2. The number of rotatable bonds is 2. The third-order valence-corrected chi connectivity index (χ3v) is 6.04. The molecule has 8 heteroatoms. The zero-order valence-corrected chi connectivity index (χ0v) is 13.3. The number of nitrogens with zero attached hydrogens (tertiary/aromatic N) is 1. The Balaban J connectivity index is 0.00000162. The molecule has 1 aromatic carbocycles. The first-order valence-electron chi connectivity index (χ1n) is 5.12. The van der Waals surface area contributed by atoms with Gasteiger partial charge in [-0.25, -0.2) is 8.42 Å². The summed E-state index contributed by atoms with van der Waals surface area (Å²) >= 11 is 9.23. The van der Waals surface area contributed by atoms with Gasteiger partial charge in [-0.3, -0.25) is 0 Å². The normalized spacial score (nSPS) is 20.7. The van der Waals surface area contributed by atoms with Gasteiger partial charge in [0.15, 0.2) is 0 Å². The lowest BCUT2D eigenvalue weighted by molar-refractivity contribution is 0.472. The van der Waals surface area contributed by atoms with Crippen molar-refractivity contribution in [3.63, 3.8) is 0 Å². The van der Waals surface area contributed by atoms with Crippen LogP contribution < -0.4 is 5.73 Å². The van der Waals surface area contributed by atoms with Gasteiger partial charge in [0.2, 0.25) is 10.0 Å². The van der Waals surface area contributed by atoms with Crippen molar-refractivity contribution in [1.82, 2.24) is 4.31 Å². The first-order chi connectivity index (χ1) is 7.93. The van der Waals surface area contributed by atoms with E-state index in [1.807, 2.05) is 0 Å². The summed E-state index contributed by atoms with van der Waals surface area (Å²) in [5.41, 5.74) is 5.72. The van der Waals surface area contributed by atoms with Gasteiger partial charge in [0.05, 0.1) is 5.02 Å². The van der Waals surface area contributed by atoms with Gasteiger partial charge < -0.3 is 5.73 Å². The van der Waals surface area contributed by atoms with Gasteiger partial charge in [-0.05, 0) is 34.5 Å². The molecule has 0 amide bonds. The lowest BCUT2D eigenvalue weighted by Crippen LogP contribution is -2.32. The fourth-order valence-electron chi connectivity index (χ4n) is 1.79. The molecule has 18 heavy (non-hydrogen) atoms.